The molecule has 5 nitrogen and oxygen atoms in total. The number of esters is 1. The van der Waals surface area contributed by atoms with Crippen molar-refractivity contribution in [2.75, 3.05) is 20.2 Å². The maximum absolute atomic E-state index is 13.0. The van der Waals surface area contributed by atoms with Crippen molar-refractivity contribution in [3.63, 3.8) is 0 Å². The van der Waals surface area contributed by atoms with Gasteiger partial charge in [-0.1, -0.05) is 37.3 Å². The minimum Gasteiger partial charge on any atom is -0.465 e. The van der Waals surface area contributed by atoms with Gasteiger partial charge in [-0.25, -0.2) is 4.79 Å². The Bertz CT molecular complexity index is 735. The largest absolute Gasteiger partial charge is 0.465 e. The number of benzene rings is 1. The van der Waals surface area contributed by atoms with Gasteiger partial charge in [0, 0.05) is 18.8 Å². The number of likely N-dealkylation sites (N-methyl/N-ethyl adjacent to an activating group) is 1. The molecule has 0 aliphatic heterocycles. The normalized spacial score (nSPS) is 10.6. The summed E-state index contributed by atoms with van der Waals surface area (Å²) in [4.78, 5) is 29.9. The lowest BCUT2D eigenvalue weighted by molar-refractivity contribution is 0.0599. The molecule has 0 radical (unpaired) electrons. The third-order valence-corrected chi connectivity index (χ3v) is 4.47. The number of nitrogens with one attached hydrogen (secondary N) is 1. The third kappa shape index (κ3) is 4.10. The number of ether oxygens (including phenoxy) is 1. The van der Waals surface area contributed by atoms with Gasteiger partial charge in [-0.15, -0.1) is 0 Å². The second-order valence-corrected chi connectivity index (χ2v) is 5.94. The van der Waals surface area contributed by atoms with Crippen LogP contribution >= 0.6 is 0 Å². The summed E-state index contributed by atoms with van der Waals surface area (Å²) in [7, 11) is 1.36. The molecule has 0 aliphatic rings. The number of hydrogen-bond donors (Lipinski definition) is 1. The lowest BCUT2D eigenvalue weighted by Gasteiger charge is -2.21. The summed E-state index contributed by atoms with van der Waals surface area (Å²) in [5.41, 5.74) is 3.56. The fourth-order valence-electron chi connectivity index (χ4n) is 2.99. The zero-order valence-electron chi connectivity index (χ0n) is 15.4. The summed E-state index contributed by atoms with van der Waals surface area (Å²) in [6, 6.07) is 10.1. The average molecular weight is 342 g/mol. The molecule has 0 spiro atoms. The molecule has 0 bridgehead atoms. The number of aryl methyl sites for hydroxylation is 1. The van der Waals surface area contributed by atoms with E-state index >= 15 is 0 Å². The highest BCUT2D eigenvalue weighted by molar-refractivity contribution is 6.00. The van der Waals surface area contributed by atoms with Crippen molar-refractivity contribution in [2.24, 2.45) is 0 Å². The monoisotopic (exact) mass is 342 g/mol. The molecule has 2 rings (SSSR count). The van der Waals surface area contributed by atoms with Crippen LogP contribution in [0.2, 0.25) is 0 Å². The number of rotatable bonds is 7. The Morgan fingerprint density at radius 2 is 1.84 bits per heavy atom. The summed E-state index contributed by atoms with van der Waals surface area (Å²) in [5.74, 6) is -0.488. The summed E-state index contributed by atoms with van der Waals surface area (Å²) in [6.07, 6.45) is 1.43. The number of carbonyl (C=O) groups is 2. The molecule has 2 aromatic rings. The molecule has 134 valence electrons. The standard InChI is InChI=1S/C20H26N2O3/c1-5-16-17(20(24)25-4)14(3)18(21-16)19(23)22(6-2)13-12-15-10-8-7-9-11-15/h7-11,21H,5-6,12-13H2,1-4H3. The van der Waals surface area contributed by atoms with Crippen molar-refractivity contribution in [3.05, 3.63) is 58.4 Å². The SMILES string of the molecule is CCc1[nH]c(C(=O)N(CC)CCc2ccccc2)c(C)c1C(=O)OC. The molecule has 1 aromatic carbocycles. The van der Waals surface area contributed by atoms with Crippen LogP contribution in [-0.2, 0) is 17.6 Å². The van der Waals surface area contributed by atoms with Crippen LogP contribution in [-0.4, -0.2) is 42.0 Å². The smallest absolute Gasteiger partial charge is 0.339 e. The van der Waals surface area contributed by atoms with Crippen molar-refractivity contribution in [1.82, 2.24) is 9.88 Å². The summed E-state index contributed by atoms with van der Waals surface area (Å²) in [5, 5.41) is 0. The Morgan fingerprint density at radius 3 is 2.40 bits per heavy atom. The van der Waals surface area contributed by atoms with Crippen molar-refractivity contribution in [1.29, 1.82) is 0 Å². The summed E-state index contributed by atoms with van der Waals surface area (Å²) >= 11 is 0. The molecule has 0 saturated heterocycles. The van der Waals surface area contributed by atoms with Gasteiger partial charge in [0.2, 0.25) is 0 Å². The summed E-state index contributed by atoms with van der Waals surface area (Å²) < 4.78 is 4.86. The van der Waals surface area contributed by atoms with Gasteiger partial charge in [-0.3, -0.25) is 4.79 Å². The highest BCUT2D eigenvalue weighted by Crippen LogP contribution is 2.21. The molecule has 0 aliphatic carbocycles. The lowest BCUT2D eigenvalue weighted by Crippen LogP contribution is -2.33. The van der Waals surface area contributed by atoms with Crippen LogP contribution in [0.25, 0.3) is 0 Å². The van der Waals surface area contributed by atoms with Gasteiger partial charge in [-0.2, -0.15) is 0 Å². The number of aromatic nitrogens is 1. The first-order valence-corrected chi connectivity index (χ1v) is 8.66. The number of H-pyrrole nitrogens is 1. The van der Waals surface area contributed by atoms with E-state index in [4.69, 9.17) is 4.74 Å². The van der Waals surface area contributed by atoms with Crippen LogP contribution in [0.4, 0.5) is 0 Å². The Morgan fingerprint density at radius 1 is 1.16 bits per heavy atom. The van der Waals surface area contributed by atoms with Gasteiger partial charge in [0.05, 0.1) is 12.7 Å². The highest BCUT2D eigenvalue weighted by atomic mass is 16.5. The number of aromatic amines is 1. The molecular formula is C20H26N2O3. The molecule has 0 atom stereocenters. The van der Waals surface area contributed by atoms with Gasteiger partial charge in [0.1, 0.15) is 5.69 Å². The first kappa shape index (κ1) is 18.8. The first-order chi connectivity index (χ1) is 12.0. The summed E-state index contributed by atoms with van der Waals surface area (Å²) in [6.45, 7) is 6.94. The minimum absolute atomic E-state index is 0.0826. The predicted octanol–water partition coefficient (Wildman–Crippen LogP) is 3.38. The molecule has 0 saturated carbocycles. The van der Waals surface area contributed by atoms with Crippen LogP contribution in [0, 0.1) is 6.92 Å². The number of hydrogen-bond acceptors (Lipinski definition) is 3. The fraction of sp³-hybridized carbons (Fsp3) is 0.400. The van der Waals surface area contributed by atoms with Crippen LogP contribution in [0.5, 0.6) is 0 Å². The molecule has 5 heteroatoms. The van der Waals surface area contributed by atoms with E-state index in [0.717, 1.165) is 12.1 Å². The molecule has 1 N–H and O–H groups in total. The Labute approximate surface area is 149 Å². The van der Waals surface area contributed by atoms with E-state index in [1.165, 1.54) is 12.7 Å². The molecule has 1 amide bonds. The van der Waals surface area contributed by atoms with Gasteiger partial charge < -0.3 is 14.6 Å². The van der Waals surface area contributed by atoms with E-state index in [1.54, 1.807) is 11.8 Å². The maximum atomic E-state index is 13.0. The number of nitrogens with zero attached hydrogens (tertiary/aromatic N) is 1. The second-order valence-electron chi connectivity index (χ2n) is 5.94. The van der Waals surface area contributed by atoms with Gasteiger partial charge in [0.15, 0.2) is 0 Å². The van der Waals surface area contributed by atoms with Gasteiger partial charge in [-0.05, 0) is 37.8 Å². The third-order valence-electron chi connectivity index (χ3n) is 4.47. The van der Waals surface area contributed by atoms with E-state index in [9.17, 15) is 9.59 Å². The maximum Gasteiger partial charge on any atom is 0.339 e. The van der Waals surface area contributed by atoms with Gasteiger partial charge >= 0.3 is 5.97 Å². The molecule has 0 unspecified atom stereocenters. The quantitative estimate of drug-likeness (QED) is 0.785. The number of methoxy groups -OCH3 is 1. The number of carbonyl (C=O) groups excluding carboxylic acids is 2. The van der Waals surface area contributed by atoms with Crippen molar-refractivity contribution >= 4 is 11.9 Å². The van der Waals surface area contributed by atoms with E-state index in [1.807, 2.05) is 32.0 Å². The zero-order chi connectivity index (χ0) is 18.4. The highest BCUT2D eigenvalue weighted by Gasteiger charge is 2.25. The van der Waals surface area contributed by atoms with Crippen LogP contribution < -0.4 is 0 Å². The molecule has 0 fully saturated rings. The van der Waals surface area contributed by atoms with E-state index in [0.29, 0.717) is 36.3 Å². The fourth-order valence-corrected chi connectivity index (χ4v) is 2.99. The number of amides is 1. The predicted molar refractivity (Wildman–Crippen MR) is 98.0 cm³/mol. The zero-order valence-corrected chi connectivity index (χ0v) is 15.4. The molecule has 1 aromatic heterocycles. The average Bonchev–Trinajstić information content (AvgIpc) is 2.98. The molecular weight excluding hydrogens is 316 g/mol. The van der Waals surface area contributed by atoms with Gasteiger partial charge in [0.25, 0.3) is 5.91 Å². The minimum atomic E-state index is -0.406. The molecule has 1 heterocycles. The Hall–Kier alpha value is -2.56. The van der Waals surface area contributed by atoms with E-state index < -0.39 is 5.97 Å². The van der Waals surface area contributed by atoms with Crippen molar-refractivity contribution in [3.8, 4) is 0 Å². The Kier molecular flexibility index (Phi) is 6.39. The van der Waals surface area contributed by atoms with Crippen LogP contribution in [0.3, 0.4) is 0 Å². The Balaban J connectivity index is 2.22. The van der Waals surface area contributed by atoms with E-state index in [-0.39, 0.29) is 5.91 Å². The molecule has 25 heavy (non-hydrogen) atoms. The van der Waals surface area contributed by atoms with Crippen molar-refractivity contribution < 1.29 is 14.3 Å². The van der Waals surface area contributed by atoms with Crippen molar-refractivity contribution in [2.45, 2.75) is 33.6 Å². The van der Waals surface area contributed by atoms with E-state index in [2.05, 4.69) is 17.1 Å². The lowest BCUT2D eigenvalue weighted by atomic mass is 10.1. The topological polar surface area (TPSA) is 62.4 Å². The van der Waals surface area contributed by atoms with Crippen LogP contribution in [0.1, 0.15) is 51.5 Å². The first-order valence-electron chi connectivity index (χ1n) is 8.66. The van der Waals surface area contributed by atoms with Crippen LogP contribution in [0.15, 0.2) is 30.3 Å². The second kappa shape index (κ2) is 8.51.